The number of primary amides is 1. The molecule has 2 amide bonds. The number of piperidine rings is 1. The van der Waals surface area contributed by atoms with Gasteiger partial charge < -0.3 is 10.6 Å². The van der Waals surface area contributed by atoms with Crippen molar-refractivity contribution in [1.82, 2.24) is 24.6 Å². The lowest BCUT2D eigenvalue weighted by atomic mass is 9.97. The Balaban J connectivity index is 1.80. The molecule has 4 rings (SSSR count). The summed E-state index contributed by atoms with van der Waals surface area (Å²) in [5.41, 5.74) is 8.55. The molecule has 0 unspecified atom stereocenters. The number of hydrogen-bond acceptors (Lipinski definition) is 4. The van der Waals surface area contributed by atoms with Gasteiger partial charge in [-0.2, -0.15) is 0 Å². The Labute approximate surface area is 157 Å². The summed E-state index contributed by atoms with van der Waals surface area (Å²) in [6.45, 7) is 3.32. The summed E-state index contributed by atoms with van der Waals surface area (Å²) in [6.07, 6.45) is 5.32. The van der Waals surface area contributed by atoms with E-state index < -0.39 is 0 Å². The molecule has 7 nitrogen and oxygen atoms in total. The number of benzene rings is 1. The first-order valence-electron chi connectivity index (χ1n) is 9.11. The zero-order chi connectivity index (χ0) is 18.8. The molecule has 1 aromatic carbocycles. The van der Waals surface area contributed by atoms with Gasteiger partial charge in [-0.05, 0) is 43.5 Å². The van der Waals surface area contributed by atoms with Gasteiger partial charge in [-0.3, -0.25) is 4.98 Å². The molecule has 0 saturated carbocycles. The number of carbonyl (C=O) groups excluding carboxylic acids is 1. The van der Waals surface area contributed by atoms with Crippen molar-refractivity contribution in [2.75, 3.05) is 13.1 Å². The largest absolute Gasteiger partial charge is 0.351 e. The van der Waals surface area contributed by atoms with Crippen molar-refractivity contribution in [3.63, 3.8) is 0 Å². The fourth-order valence-electron chi connectivity index (χ4n) is 3.58. The van der Waals surface area contributed by atoms with Crippen LogP contribution in [0.2, 0.25) is 0 Å². The quantitative estimate of drug-likeness (QED) is 0.776. The van der Waals surface area contributed by atoms with Crippen LogP contribution >= 0.6 is 0 Å². The Morgan fingerprint density at radius 2 is 1.96 bits per heavy atom. The molecule has 1 fully saturated rings. The summed E-state index contributed by atoms with van der Waals surface area (Å²) >= 11 is 0. The van der Waals surface area contributed by atoms with Gasteiger partial charge in [0.1, 0.15) is 5.82 Å². The zero-order valence-electron chi connectivity index (χ0n) is 15.2. The second-order valence-corrected chi connectivity index (χ2v) is 6.85. The van der Waals surface area contributed by atoms with Crippen molar-refractivity contribution in [3.05, 3.63) is 60.2 Å². The van der Waals surface area contributed by atoms with E-state index in [-0.39, 0.29) is 11.9 Å². The van der Waals surface area contributed by atoms with E-state index in [1.807, 2.05) is 35.0 Å². The zero-order valence-corrected chi connectivity index (χ0v) is 15.2. The van der Waals surface area contributed by atoms with Crippen molar-refractivity contribution < 1.29 is 4.79 Å². The average molecular weight is 362 g/mol. The van der Waals surface area contributed by atoms with Crippen LogP contribution in [0.1, 0.15) is 30.1 Å². The topological polar surface area (TPSA) is 89.9 Å². The predicted molar refractivity (Wildman–Crippen MR) is 102 cm³/mol. The lowest BCUT2D eigenvalue weighted by Crippen LogP contribution is -2.42. The van der Waals surface area contributed by atoms with Crippen molar-refractivity contribution in [2.24, 2.45) is 5.73 Å². The third-order valence-electron chi connectivity index (χ3n) is 5.01. The molecule has 27 heavy (non-hydrogen) atoms. The van der Waals surface area contributed by atoms with E-state index in [0.29, 0.717) is 18.9 Å². The van der Waals surface area contributed by atoms with Crippen LogP contribution in [0.4, 0.5) is 4.79 Å². The lowest BCUT2D eigenvalue weighted by Gasteiger charge is -2.31. The normalized spacial score (nSPS) is 17.1. The number of aromatic nitrogens is 4. The van der Waals surface area contributed by atoms with Crippen LogP contribution in [0.25, 0.3) is 17.1 Å². The number of pyridine rings is 1. The maximum atomic E-state index is 11.7. The highest BCUT2D eigenvalue weighted by Crippen LogP contribution is 2.30. The molecule has 3 aromatic rings. The number of rotatable bonds is 3. The summed E-state index contributed by atoms with van der Waals surface area (Å²) in [7, 11) is 0. The SMILES string of the molecule is Cc1ccccc1-n1nc(-c2ccncc2)nc1[C@H]1CCCN(C(N)=O)C1. The highest BCUT2D eigenvalue weighted by Gasteiger charge is 2.28. The molecule has 138 valence electrons. The van der Waals surface area contributed by atoms with Gasteiger partial charge >= 0.3 is 6.03 Å². The van der Waals surface area contributed by atoms with E-state index in [2.05, 4.69) is 18.0 Å². The fraction of sp³-hybridized carbons (Fsp3) is 0.300. The number of carbonyl (C=O) groups is 1. The number of amides is 2. The minimum atomic E-state index is -0.379. The number of urea groups is 1. The van der Waals surface area contributed by atoms with Gasteiger partial charge in [0.05, 0.1) is 5.69 Å². The molecule has 2 aromatic heterocycles. The highest BCUT2D eigenvalue weighted by atomic mass is 16.2. The number of para-hydroxylation sites is 1. The van der Waals surface area contributed by atoms with Crippen LogP contribution in [0.3, 0.4) is 0 Å². The Morgan fingerprint density at radius 3 is 2.70 bits per heavy atom. The van der Waals surface area contributed by atoms with Crippen molar-refractivity contribution >= 4 is 6.03 Å². The van der Waals surface area contributed by atoms with Crippen LogP contribution in [-0.2, 0) is 0 Å². The minimum absolute atomic E-state index is 0.0916. The standard InChI is InChI=1S/C20H22N6O/c1-14-5-2-3-7-17(14)26-19(16-6-4-12-25(13-16)20(21)27)23-18(24-26)15-8-10-22-11-9-15/h2-3,5,7-11,16H,4,6,12-13H2,1H3,(H2,21,27)/t16-/m0/s1. The third-order valence-corrected chi connectivity index (χ3v) is 5.01. The highest BCUT2D eigenvalue weighted by molar-refractivity contribution is 5.72. The van der Waals surface area contributed by atoms with E-state index in [4.69, 9.17) is 15.8 Å². The molecule has 0 radical (unpaired) electrons. The monoisotopic (exact) mass is 362 g/mol. The van der Waals surface area contributed by atoms with E-state index in [9.17, 15) is 4.79 Å². The molecular formula is C20H22N6O. The molecule has 1 atom stereocenters. The Kier molecular flexibility index (Phi) is 4.58. The number of nitrogens with zero attached hydrogens (tertiary/aromatic N) is 5. The summed E-state index contributed by atoms with van der Waals surface area (Å²) in [6, 6.07) is 11.5. The summed E-state index contributed by atoms with van der Waals surface area (Å²) in [5, 5.41) is 4.80. The van der Waals surface area contributed by atoms with Crippen molar-refractivity contribution in [1.29, 1.82) is 0 Å². The van der Waals surface area contributed by atoms with Gasteiger partial charge in [0.15, 0.2) is 5.82 Å². The maximum absolute atomic E-state index is 11.7. The van der Waals surface area contributed by atoms with Gasteiger partial charge in [0.25, 0.3) is 0 Å². The minimum Gasteiger partial charge on any atom is -0.351 e. The third kappa shape index (κ3) is 3.40. The van der Waals surface area contributed by atoms with Gasteiger partial charge in [0.2, 0.25) is 0 Å². The number of nitrogens with two attached hydrogens (primary N) is 1. The van der Waals surface area contributed by atoms with Crippen molar-refractivity contribution in [3.8, 4) is 17.1 Å². The first-order valence-corrected chi connectivity index (χ1v) is 9.11. The molecule has 7 heteroatoms. The predicted octanol–water partition coefficient (Wildman–Crippen LogP) is 2.90. The van der Waals surface area contributed by atoms with E-state index in [1.54, 1.807) is 17.3 Å². The Bertz CT molecular complexity index is 952. The first-order chi connectivity index (χ1) is 13.1. The van der Waals surface area contributed by atoms with Gasteiger partial charge in [-0.15, -0.1) is 5.10 Å². The van der Waals surface area contributed by atoms with Gasteiger partial charge in [-0.1, -0.05) is 18.2 Å². The van der Waals surface area contributed by atoms with E-state index in [0.717, 1.165) is 35.5 Å². The van der Waals surface area contributed by atoms with Gasteiger partial charge in [-0.25, -0.2) is 14.5 Å². The van der Waals surface area contributed by atoms with E-state index >= 15 is 0 Å². The number of hydrogen-bond donors (Lipinski definition) is 1. The molecule has 1 aliphatic rings. The summed E-state index contributed by atoms with van der Waals surface area (Å²) in [5.74, 6) is 1.61. The van der Waals surface area contributed by atoms with Crippen LogP contribution in [0.15, 0.2) is 48.8 Å². The van der Waals surface area contributed by atoms with Crippen LogP contribution in [-0.4, -0.2) is 43.8 Å². The van der Waals surface area contributed by atoms with E-state index in [1.165, 1.54) is 0 Å². The molecule has 3 heterocycles. The number of aryl methyl sites for hydroxylation is 1. The fourth-order valence-corrected chi connectivity index (χ4v) is 3.58. The number of likely N-dealkylation sites (tertiary alicyclic amines) is 1. The molecule has 0 bridgehead atoms. The molecule has 0 spiro atoms. The summed E-state index contributed by atoms with van der Waals surface area (Å²) < 4.78 is 1.92. The molecular weight excluding hydrogens is 340 g/mol. The Hall–Kier alpha value is -3.22. The Morgan fingerprint density at radius 1 is 1.19 bits per heavy atom. The molecule has 2 N–H and O–H groups in total. The molecule has 1 aliphatic heterocycles. The van der Waals surface area contributed by atoms with Gasteiger partial charge in [0, 0.05) is 37.0 Å². The summed E-state index contributed by atoms with van der Waals surface area (Å²) in [4.78, 5) is 22.3. The lowest BCUT2D eigenvalue weighted by molar-refractivity contribution is 0.187. The smallest absolute Gasteiger partial charge is 0.314 e. The average Bonchev–Trinajstić information content (AvgIpc) is 3.14. The molecule has 1 saturated heterocycles. The first kappa shape index (κ1) is 17.2. The van der Waals surface area contributed by atoms with Crippen LogP contribution in [0.5, 0.6) is 0 Å². The van der Waals surface area contributed by atoms with Crippen molar-refractivity contribution in [2.45, 2.75) is 25.7 Å². The van der Waals surface area contributed by atoms with Crippen LogP contribution < -0.4 is 5.73 Å². The second-order valence-electron chi connectivity index (χ2n) is 6.85. The maximum Gasteiger partial charge on any atom is 0.314 e. The molecule has 0 aliphatic carbocycles. The second kappa shape index (κ2) is 7.19. The van der Waals surface area contributed by atoms with Crippen LogP contribution in [0, 0.1) is 6.92 Å².